The maximum atomic E-state index is 12.2. The first-order valence-electron chi connectivity index (χ1n) is 7.08. The molecule has 0 fully saturated rings. The van der Waals surface area contributed by atoms with Gasteiger partial charge in [0.25, 0.3) is 5.91 Å². The van der Waals surface area contributed by atoms with Gasteiger partial charge in [0, 0.05) is 16.3 Å². The van der Waals surface area contributed by atoms with Gasteiger partial charge in [-0.3, -0.25) is 10.1 Å². The third-order valence-electron chi connectivity index (χ3n) is 2.80. The van der Waals surface area contributed by atoms with Crippen LogP contribution in [0.1, 0.15) is 24.2 Å². The first-order valence-corrected chi connectivity index (χ1v) is 7.87. The average molecular weight is 349 g/mol. The third kappa shape index (κ3) is 5.54. The van der Waals surface area contributed by atoms with Crippen molar-refractivity contribution in [2.45, 2.75) is 20.0 Å². The van der Waals surface area contributed by atoms with Gasteiger partial charge in [-0.05, 0) is 68.5 Å². The van der Waals surface area contributed by atoms with Gasteiger partial charge in [-0.15, -0.1) is 0 Å². The largest absolute Gasteiger partial charge is 0.491 e. The summed E-state index contributed by atoms with van der Waals surface area (Å²) in [5, 5.41) is 6.41. The molecule has 2 aromatic carbocycles. The molecule has 0 aliphatic rings. The molecule has 120 valence electrons. The monoisotopic (exact) mass is 348 g/mol. The van der Waals surface area contributed by atoms with Crippen molar-refractivity contribution in [3.8, 4) is 5.75 Å². The minimum Gasteiger partial charge on any atom is -0.491 e. The molecule has 2 aromatic rings. The Balaban J connectivity index is 1.98. The lowest BCUT2D eigenvalue weighted by Crippen LogP contribution is -2.34. The molecule has 1 amide bonds. The van der Waals surface area contributed by atoms with Crippen molar-refractivity contribution in [1.29, 1.82) is 0 Å². The van der Waals surface area contributed by atoms with Crippen molar-refractivity contribution in [2.75, 3.05) is 5.32 Å². The summed E-state index contributed by atoms with van der Waals surface area (Å²) < 4.78 is 5.58. The number of carbonyl (C=O) groups is 1. The van der Waals surface area contributed by atoms with Crippen molar-refractivity contribution in [3.05, 3.63) is 59.1 Å². The van der Waals surface area contributed by atoms with Gasteiger partial charge in [0.15, 0.2) is 5.11 Å². The number of carbonyl (C=O) groups excluding carboxylic acids is 1. The molecule has 0 radical (unpaired) electrons. The Bertz CT molecular complexity index is 702. The Hall–Kier alpha value is -2.11. The molecule has 0 aliphatic carbocycles. The highest BCUT2D eigenvalue weighted by Gasteiger charge is 2.09. The summed E-state index contributed by atoms with van der Waals surface area (Å²) in [6.45, 7) is 3.86. The second-order valence-electron chi connectivity index (χ2n) is 5.11. The molecule has 0 heterocycles. The van der Waals surface area contributed by atoms with E-state index in [4.69, 9.17) is 28.6 Å². The lowest BCUT2D eigenvalue weighted by molar-refractivity contribution is 0.0977. The van der Waals surface area contributed by atoms with Crippen LogP contribution < -0.4 is 15.4 Å². The van der Waals surface area contributed by atoms with E-state index in [1.165, 1.54) is 0 Å². The molecule has 4 nitrogen and oxygen atoms in total. The maximum absolute atomic E-state index is 12.2. The molecule has 0 unspecified atom stereocenters. The molecule has 2 N–H and O–H groups in total. The lowest BCUT2D eigenvalue weighted by atomic mass is 10.2. The van der Waals surface area contributed by atoms with Crippen LogP contribution in [0.4, 0.5) is 5.69 Å². The van der Waals surface area contributed by atoms with Crippen LogP contribution in [0.3, 0.4) is 0 Å². The number of halogens is 1. The quantitative estimate of drug-likeness (QED) is 0.811. The highest BCUT2D eigenvalue weighted by atomic mass is 35.5. The number of benzene rings is 2. The molecule has 0 saturated carbocycles. The molecule has 6 heteroatoms. The van der Waals surface area contributed by atoms with E-state index in [2.05, 4.69) is 10.6 Å². The van der Waals surface area contributed by atoms with Crippen molar-refractivity contribution < 1.29 is 9.53 Å². The number of hydrogen-bond acceptors (Lipinski definition) is 3. The fourth-order valence-electron chi connectivity index (χ4n) is 1.85. The Labute approximate surface area is 145 Å². The minimum atomic E-state index is -0.300. The second kappa shape index (κ2) is 7.94. The molecule has 0 bridgehead atoms. The van der Waals surface area contributed by atoms with Gasteiger partial charge in [-0.2, -0.15) is 0 Å². The Morgan fingerprint density at radius 1 is 1.17 bits per heavy atom. The third-order valence-corrected chi connectivity index (χ3v) is 3.25. The first kappa shape index (κ1) is 17.2. The number of nitrogens with one attached hydrogen (secondary N) is 2. The second-order valence-corrected chi connectivity index (χ2v) is 5.95. The smallest absolute Gasteiger partial charge is 0.257 e. The van der Waals surface area contributed by atoms with Gasteiger partial charge in [-0.25, -0.2) is 0 Å². The topological polar surface area (TPSA) is 50.4 Å². The van der Waals surface area contributed by atoms with Gasteiger partial charge in [0.2, 0.25) is 0 Å². The van der Waals surface area contributed by atoms with Crippen LogP contribution in [-0.4, -0.2) is 17.1 Å². The SMILES string of the molecule is CC(C)Oc1cccc(C(=O)NC(=S)Nc2ccc(Cl)cc2)c1. The van der Waals surface area contributed by atoms with Gasteiger partial charge in [-0.1, -0.05) is 17.7 Å². The summed E-state index contributed by atoms with van der Waals surface area (Å²) in [5.41, 5.74) is 1.22. The van der Waals surface area contributed by atoms with Crippen LogP contribution in [0, 0.1) is 0 Å². The summed E-state index contributed by atoms with van der Waals surface area (Å²) in [6.07, 6.45) is 0.0426. The molecule has 23 heavy (non-hydrogen) atoms. The number of rotatable bonds is 4. The predicted octanol–water partition coefficient (Wildman–Crippen LogP) is 4.25. The molecule has 0 aliphatic heterocycles. The average Bonchev–Trinajstić information content (AvgIpc) is 2.49. The molecular formula is C17H17ClN2O2S. The van der Waals surface area contributed by atoms with Gasteiger partial charge >= 0.3 is 0 Å². The molecule has 0 spiro atoms. The molecule has 0 aromatic heterocycles. The Morgan fingerprint density at radius 2 is 1.87 bits per heavy atom. The highest BCUT2D eigenvalue weighted by molar-refractivity contribution is 7.80. The van der Waals surface area contributed by atoms with Crippen molar-refractivity contribution in [1.82, 2.24) is 5.32 Å². The number of anilines is 1. The van der Waals surface area contributed by atoms with E-state index >= 15 is 0 Å². The van der Waals surface area contributed by atoms with Crippen molar-refractivity contribution in [2.24, 2.45) is 0 Å². The zero-order chi connectivity index (χ0) is 16.8. The van der Waals surface area contributed by atoms with Crippen LogP contribution in [0.2, 0.25) is 5.02 Å². The standard InChI is InChI=1S/C17H17ClN2O2S/c1-11(2)22-15-5-3-4-12(10-15)16(21)20-17(23)19-14-8-6-13(18)7-9-14/h3-11H,1-2H3,(H2,19,20,21,23). The van der Waals surface area contributed by atoms with E-state index in [0.29, 0.717) is 16.3 Å². The van der Waals surface area contributed by atoms with Gasteiger partial charge in [0.1, 0.15) is 5.75 Å². The first-order chi connectivity index (χ1) is 10.9. The summed E-state index contributed by atoms with van der Waals surface area (Å²) in [6, 6.07) is 14.0. The van der Waals surface area contributed by atoms with E-state index in [1.54, 1.807) is 48.5 Å². The van der Waals surface area contributed by atoms with E-state index < -0.39 is 0 Å². The van der Waals surface area contributed by atoms with Crippen LogP contribution in [0.25, 0.3) is 0 Å². The summed E-state index contributed by atoms with van der Waals surface area (Å²) in [4.78, 5) is 12.2. The predicted molar refractivity (Wildman–Crippen MR) is 97.3 cm³/mol. The van der Waals surface area contributed by atoms with E-state index in [1.807, 2.05) is 13.8 Å². The fraction of sp³-hybridized carbons (Fsp3) is 0.176. The van der Waals surface area contributed by atoms with Crippen LogP contribution >= 0.6 is 23.8 Å². The van der Waals surface area contributed by atoms with Crippen LogP contribution in [0.15, 0.2) is 48.5 Å². The number of ether oxygens (including phenoxy) is 1. The van der Waals surface area contributed by atoms with Crippen LogP contribution in [0.5, 0.6) is 5.75 Å². The van der Waals surface area contributed by atoms with Crippen LogP contribution in [-0.2, 0) is 0 Å². The molecule has 0 atom stereocenters. The Morgan fingerprint density at radius 3 is 2.52 bits per heavy atom. The number of amides is 1. The molecule has 2 rings (SSSR count). The number of thiocarbonyl (C=S) groups is 1. The van der Waals surface area contributed by atoms with Crippen molar-refractivity contribution in [3.63, 3.8) is 0 Å². The number of hydrogen-bond donors (Lipinski definition) is 2. The minimum absolute atomic E-state index is 0.0426. The van der Waals surface area contributed by atoms with E-state index in [9.17, 15) is 4.79 Å². The summed E-state index contributed by atoms with van der Waals surface area (Å²) >= 11 is 11.0. The summed E-state index contributed by atoms with van der Waals surface area (Å²) in [5.74, 6) is 0.342. The van der Waals surface area contributed by atoms with E-state index in [-0.39, 0.29) is 17.1 Å². The molecule has 0 saturated heterocycles. The van der Waals surface area contributed by atoms with Crippen molar-refractivity contribution >= 4 is 40.5 Å². The van der Waals surface area contributed by atoms with E-state index in [0.717, 1.165) is 5.69 Å². The van der Waals surface area contributed by atoms with Gasteiger partial charge < -0.3 is 10.1 Å². The highest BCUT2D eigenvalue weighted by Crippen LogP contribution is 2.15. The zero-order valence-electron chi connectivity index (χ0n) is 12.8. The molecular weight excluding hydrogens is 332 g/mol. The Kier molecular flexibility index (Phi) is 5.96. The fourth-order valence-corrected chi connectivity index (χ4v) is 2.19. The normalized spacial score (nSPS) is 10.3. The summed E-state index contributed by atoms with van der Waals surface area (Å²) in [7, 11) is 0. The zero-order valence-corrected chi connectivity index (χ0v) is 14.4. The van der Waals surface area contributed by atoms with Gasteiger partial charge in [0.05, 0.1) is 6.10 Å². The lowest BCUT2D eigenvalue weighted by Gasteiger charge is -2.12. The maximum Gasteiger partial charge on any atom is 0.257 e.